The third-order valence-corrected chi connectivity index (χ3v) is 2.63. The first-order valence-corrected chi connectivity index (χ1v) is 6.42. The van der Waals surface area contributed by atoms with E-state index in [-0.39, 0.29) is 0 Å². The summed E-state index contributed by atoms with van der Waals surface area (Å²) in [6.07, 6.45) is 6.14. The molecular formula is C10H23NOS. The lowest BCUT2D eigenvalue weighted by atomic mass is 10.2. The van der Waals surface area contributed by atoms with Crippen molar-refractivity contribution >= 4 is 11.8 Å². The molecule has 0 aromatic heterocycles. The highest BCUT2D eigenvalue weighted by molar-refractivity contribution is 7.98. The number of rotatable bonds is 9. The van der Waals surface area contributed by atoms with Crippen LogP contribution in [0.3, 0.4) is 0 Å². The molecule has 1 atom stereocenters. The van der Waals surface area contributed by atoms with Gasteiger partial charge in [-0.05, 0) is 38.3 Å². The predicted molar refractivity (Wildman–Crippen MR) is 61.6 cm³/mol. The minimum atomic E-state index is 0.491. The lowest BCUT2D eigenvalue weighted by molar-refractivity contribution is 0.172. The van der Waals surface area contributed by atoms with Gasteiger partial charge in [0.25, 0.3) is 0 Å². The van der Waals surface area contributed by atoms with E-state index in [4.69, 9.17) is 4.74 Å². The Morgan fingerprint density at radius 1 is 1.31 bits per heavy atom. The molecule has 0 rings (SSSR count). The Hall–Kier alpha value is 0.270. The summed E-state index contributed by atoms with van der Waals surface area (Å²) in [6.45, 7) is 4.09. The van der Waals surface area contributed by atoms with Crippen molar-refractivity contribution in [3.63, 3.8) is 0 Å². The third-order valence-electron chi connectivity index (χ3n) is 1.93. The maximum atomic E-state index is 5.03. The second kappa shape index (κ2) is 10.4. The normalized spacial score (nSPS) is 13.2. The van der Waals surface area contributed by atoms with E-state index in [1.54, 1.807) is 7.11 Å². The quantitative estimate of drug-likeness (QED) is 0.583. The maximum Gasteiger partial charge on any atom is 0.0613 e. The van der Waals surface area contributed by atoms with Crippen LogP contribution < -0.4 is 5.32 Å². The molecule has 1 unspecified atom stereocenters. The van der Waals surface area contributed by atoms with Crippen molar-refractivity contribution in [1.29, 1.82) is 0 Å². The van der Waals surface area contributed by atoms with Crippen LogP contribution in [-0.2, 0) is 4.74 Å². The number of hydrogen-bond acceptors (Lipinski definition) is 3. The van der Waals surface area contributed by atoms with Crippen LogP contribution in [-0.4, -0.2) is 38.3 Å². The molecule has 1 N–H and O–H groups in total. The SMILES string of the molecule is COCC(C)NCCCCCSC. The zero-order valence-electron chi connectivity index (χ0n) is 9.14. The fourth-order valence-corrected chi connectivity index (χ4v) is 1.70. The van der Waals surface area contributed by atoms with E-state index in [1.165, 1.54) is 25.0 Å². The molecule has 0 aromatic carbocycles. The number of nitrogens with one attached hydrogen (secondary N) is 1. The Labute approximate surface area is 86.8 Å². The molecule has 3 heteroatoms. The Morgan fingerprint density at radius 3 is 2.69 bits per heavy atom. The van der Waals surface area contributed by atoms with Crippen molar-refractivity contribution < 1.29 is 4.74 Å². The zero-order valence-corrected chi connectivity index (χ0v) is 9.95. The van der Waals surface area contributed by atoms with Gasteiger partial charge >= 0.3 is 0 Å². The summed E-state index contributed by atoms with van der Waals surface area (Å²) in [4.78, 5) is 0. The van der Waals surface area contributed by atoms with Gasteiger partial charge in [0.2, 0.25) is 0 Å². The van der Waals surface area contributed by atoms with Crippen molar-refractivity contribution in [2.75, 3.05) is 32.3 Å². The molecule has 0 bridgehead atoms. The summed E-state index contributed by atoms with van der Waals surface area (Å²) in [5.41, 5.74) is 0. The molecule has 0 saturated carbocycles. The van der Waals surface area contributed by atoms with E-state index in [2.05, 4.69) is 18.5 Å². The molecule has 2 nitrogen and oxygen atoms in total. The Bertz CT molecular complexity index is 101. The molecule has 0 saturated heterocycles. The Morgan fingerprint density at radius 2 is 2.08 bits per heavy atom. The second-order valence-corrected chi connectivity index (χ2v) is 4.35. The average molecular weight is 205 g/mol. The Balaban J connectivity index is 2.97. The molecule has 80 valence electrons. The van der Waals surface area contributed by atoms with Crippen molar-refractivity contribution in [3.05, 3.63) is 0 Å². The van der Waals surface area contributed by atoms with Crippen LogP contribution in [0.5, 0.6) is 0 Å². The number of ether oxygens (including phenoxy) is 1. The molecule has 0 amide bonds. The topological polar surface area (TPSA) is 21.3 Å². The monoisotopic (exact) mass is 205 g/mol. The molecule has 0 spiro atoms. The molecule has 0 heterocycles. The smallest absolute Gasteiger partial charge is 0.0613 e. The molecule has 0 aliphatic carbocycles. The van der Waals surface area contributed by atoms with E-state index in [0.29, 0.717) is 6.04 Å². The van der Waals surface area contributed by atoms with Crippen molar-refractivity contribution in [2.45, 2.75) is 32.2 Å². The molecule has 0 aliphatic heterocycles. The largest absolute Gasteiger partial charge is 0.383 e. The van der Waals surface area contributed by atoms with Gasteiger partial charge in [-0.2, -0.15) is 11.8 Å². The van der Waals surface area contributed by atoms with Crippen LogP contribution in [0.1, 0.15) is 26.2 Å². The summed E-state index contributed by atoms with van der Waals surface area (Å²) in [6, 6.07) is 0.491. The number of thioether (sulfide) groups is 1. The highest BCUT2D eigenvalue weighted by Gasteiger charge is 1.98. The summed E-state index contributed by atoms with van der Waals surface area (Å²) < 4.78 is 5.03. The molecule has 0 radical (unpaired) electrons. The van der Waals surface area contributed by atoms with Crippen molar-refractivity contribution in [3.8, 4) is 0 Å². The molecule has 0 aliphatic rings. The van der Waals surface area contributed by atoms with Gasteiger partial charge in [-0.1, -0.05) is 6.42 Å². The van der Waals surface area contributed by atoms with Gasteiger partial charge in [0.1, 0.15) is 0 Å². The van der Waals surface area contributed by atoms with Crippen LogP contribution in [0.25, 0.3) is 0 Å². The maximum absolute atomic E-state index is 5.03. The van der Waals surface area contributed by atoms with E-state index in [9.17, 15) is 0 Å². The van der Waals surface area contributed by atoms with Gasteiger partial charge in [-0.25, -0.2) is 0 Å². The van der Waals surface area contributed by atoms with E-state index >= 15 is 0 Å². The average Bonchev–Trinajstić information content (AvgIpc) is 2.11. The van der Waals surface area contributed by atoms with Gasteiger partial charge in [-0.15, -0.1) is 0 Å². The predicted octanol–water partition coefficient (Wildman–Crippen LogP) is 2.14. The summed E-state index contributed by atoms with van der Waals surface area (Å²) in [5.74, 6) is 1.30. The minimum Gasteiger partial charge on any atom is -0.383 e. The lowest BCUT2D eigenvalue weighted by Crippen LogP contribution is -2.30. The first-order valence-electron chi connectivity index (χ1n) is 5.02. The summed E-state index contributed by atoms with van der Waals surface area (Å²) in [5, 5.41) is 3.43. The first kappa shape index (κ1) is 13.3. The van der Waals surface area contributed by atoms with Crippen molar-refractivity contribution in [2.24, 2.45) is 0 Å². The third kappa shape index (κ3) is 10.2. The van der Waals surface area contributed by atoms with Gasteiger partial charge in [0.15, 0.2) is 0 Å². The van der Waals surface area contributed by atoms with Crippen LogP contribution in [0.15, 0.2) is 0 Å². The number of unbranched alkanes of at least 4 members (excludes halogenated alkanes) is 2. The van der Waals surface area contributed by atoms with Gasteiger partial charge in [0.05, 0.1) is 6.61 Å². The van der Waals surface area contributed by atoms with Crippen LogP contribution in [0, 0.1) is 0 Å². The van der Waals surface area contributed by atoms with Crippen LogP contribution in [0.2, 0.25) is 0 Å². The van der Waals surface area contributed by atoms with Crippen molar-refractivity contribution in [1.82, 2.24) is 5.32 Å². The summed E-state index contributed by atoms with van der Waals surface area (Å²) in [7, 11) is 1.75. The first-order chi connectivity index (χ1) is 6.31. The standard InChI is InChI=1S/C10H23NOS/c1-10(9-12-2)11-7-5-4-6-8-13-3/h10-11H,4-9H2,1-3H3. The number of methoxy groups -OCH3 is 1. The van der Waals surface area contributed by atoms with E-state index in [1.807, 2.05) is 11.8 Å². The fraction of sp³-hybridized carbons (Fsp3) is 1.00. The minimum absolute atomic E-state index is 0.491. The second-order valence-electron chi connectivity index (χ2n) is 3.36. The molecular weight excluding hydrogens is 182 g/mol. The van der Waals surface area contributed by atoms with E-state index < -0.39 is 0 Å². The van der Waals surface area contributed by atoms with Gasteiger partial charge in [-0.3, -0.25) is 0 Å². The molecule has 0 aromatic rings. The van der Waals surface area contributed by atoms with Crippen LogP contribution >= 0.6 is 11.8 Å². The molecule has 0 fully saturated rings. The highest BCUT2D eigenvalue weighted by Crippen LogP contribution is 2.01. The highest BCUT2D eigenvalue weighted by atomic mass is 32.2. The summed E-state index contributed by atoms with van der Waals surface area (Å²) >= 11 is 1.93. The fourth-order valence-electron chi connectivity index (χ4n) is 1.21. The number of hydrogen-bond donors (Lipinski definition) is 1. The zero-order chi connectivity index (χ0) is 9.94. The van der Waals surface area contributed by atoms with Crippen LogP contribution in [0.4, 0.5) is 0 Å². The molecule has 13 heavy (non-hydrogen) atoms. The van der Waals surface area contributed by atoms with Gasteiger partial charge in [0, 0.05) is 13.2 Å². The lowest BCUT2D eigenvalue weighted by Gasteiger charge is -2.11. The van der Waals surface area contributed by atoms with Gasteiger partial charge < -0.3 is 10.1 Å². The Kier molecular flexibility index (Phi) is 10.6. The van der Waals surface area contributed by atoms with E-state index in [0.717, 1.165) is 13.2 Å².